The lowest BCUT2D eigenvalue weighted by molar-refractivity contribution is 0.0697. The SMILES string of the molecule is O=C(O)c1cccnc1-c1cccc2c1CCCC2. The number of aromatic carboxylic acids is 1. The Morgan fingerprint density at radius 1 is 1.11 bits per heavy atom. The molecular weight excluding hydrogens is 238 g/mol. The zero-order valence-electron chi connectivity index (χ0n) is 10.6. The molecule has 2 aromatic rings. The average molecular weight is 253 g/mol. The summed E-state index contributed by atoms with van der Waals surface area (Å²) in [6, 6.07) is 9.41. The van der Waals surface area contributed by atoms with Crippen LogP contribution in [0.3, 0.4) is 0 Å². The van der Waals surface area contributed by atoms with Gasteiger partial charge in [0.05, 0.1) is 11.3 Å². The Bertz CT molecular complexity index is 634. The van der Waals surface area contributed by atoms with Gasteiger partial charge < -0.3 is 5.11 Å². The summed E-state index contributed by atoms with van der Waals surface area (Å²) >= 11 is 0. The third-order valence-corrected chi connectivity index (χ3v) is 3.69. The zero-order valence-corrected chi connectivity index (χ0v) is 10.6. The zero-order chi connectivity index (χ0) is 13.2. The van der Waals surface area contributed by atoms with Gasteiger partial charge in [0.1, 0.15) is 0 Å². The van der Waals surface area contributed by atoms with Crippen LogP contribution in [0.1, 0.15) is 34.3 Å². The summed E-state index contributed by atoms with van der Waals surface area (Å²) in [5, 5.41) is 9.29. The number of hydrogen-bond donors (Lipinski definition) is 1. The van der Waals surface area contributed by atoms with E-state index in [0.717, 1.165) is 18.4 Å². The van der Waals surface area contributed by atoms with Gasteiger partial charge in [-0.15, -0.1) is 0 Å². The molecule has 0 radical (unpaired) electrons. The highest BCUT2D eigenvalue weighted by atomic mass is 16.4. The van der Waals surface area contributed by atoms with Gasteiger partial charge in [-0.05, 0) is 48.9 Å². The molecule has 3 heteroatoms. The number of benzene rings is 1. The lowest BCUT2D eigenvalue weighted by Gasteiger charge is -2.19. The Balaban J connectivity index is 2.20. The first kappa shape index (κ1) is 11.9. The number of carbonyl (C=O) groups is 1. The van der Waals surface area contributed by atoms with Crippen molar-refractivity contribution in [2.45, 2.75) is 25.7 Å². The van der Waals surface area contributed by atoms with Gasteiger partial charge in [-0.2, -0.15) is 0 Å². The van der Waals surface area contributed by atoms with E-state index in [9.17, 15) is 9.90 Å². The molecule has 1 aromatic carbocycles. The van der Waals surface area contributed by atoms with Crippen LogP contribution in [0.4, 0.5) is 0 Å². The molecule has 0 spiro atoms. The van der Waals surface area contributed by atoms with Crippen LogP contribution in [-0.4, -0.2) is 16.1 Å². The lowest BCUT2D eigenvalue weighted by atomic mass is 9.86. The van der Waals surface area contributed by atoms with Gasteiger partial charge in [0, 0.05) is 11.8 Å². The van der Waals surface area contributed by atoms with Gasteiger partial charge in [0.2, 0.25) is 0 Å². The summed E-state index contributed by atoms with van der Waals surface area (Å²) in [6.07, 6.45) is 6.13. The summed E-state index contributed by atoms with van der Waals surface area (Å²) in [5.41, 5.74) is 4.46. The minimum atomic E-state index is -0.920. The van der Waals surface area contributed by atoms with Gasteiger partial charge in [-0.25, -0.2) is 4.79 Å². The summed E-state index contributed by atoms with van der Waals surface area (Å²) in [7, 11) is 0. The summed E-state index contributed by atoms with van der Waals surface area (Å²) in [6.45, 7) is 0. The van der Waals surface area contributed by atoms with Gasteiger partial charge in [0.15, 0.2) is 0 Å². The number of carboxylic acid groups (broad SMARTS) is 1. The Labute approximate surface area is 111 Å². The molecule has 19 heavy (non-hydrogen) atoms. The number of rotatable bonds is 2. The summed E-state index contributed by atoms with van der Waals surface area (Å²) in [5.74, 6) is -0.920. The van der Waals surface area contributed by atoms with Crippen LogP contribution in [0.25, 0.3) is 11.3 Å². The topological polar surface area (TPSA) is 50.2 Å². The maximum absolute atomic E-state index is 11.3. The van der Waals surface area contributed by atoms with Crippen molar-refractivity contribution in [3.63, 3.8) is 0 Å². The third kappa shape index (κ3) is 2.12. The number of pyridine rings is 1. The Morgan fingerprint density at radius 3 is 2.79 bits per heavy atom. The molecule has 0 saturated carbocycles. The summed E-state index contributed by atoms with van der Waals surface area (Å²) < 4.78 is 0. The fraction of sp³-hybridized carbons (Fsp3) is 0.250. The van der Waals surface area contributed by atoms with Crippen molar-refractivity contribution in [3.8, 4) is 11.3 Å². The highest BCUT2D eigenvalue weighted by Gasteiger charge is 2.18. The molecule has 1 heterocycles. The minimum Gasteiger partial charge on any atom is -0.478 e. The average Bonchev–Trinajstić information content (AvgIpc) is 2.46. The van der Waals surface area contributed by atoms with E-state index in [-0.39, 0.29) is 5.56 Å². The number of aromatic nitrogens is 1. The maximum Gasteiger partial charge on any atom is 0.337 e. The van der Waals surface area contributed by atoms with Crippen LogP contribution >= 0.6 is 0 Å². The van der Waals surface area contributed by atoms with Gasteiger partial charge in [-0.3, -0.25) is 4.98 Å². The second kappa shape index (κ2) is 4.84. The van der Waals surface area contributed by atoms with Gasteiger partial charge >= 0.3 is 5.97 Å². The first-order valence-electron chi connectivity index (χ1n) is 6.57. The number of carboxylic acids is 1. The van der Waals surface area contributed by atoms with Crippen molar-refractivity contribution in [1.82, 2.24) is 4.98 Å². The largest absolute Gasteiger partial charge is 0.478 e. The molecule has 0 bridgehead atoms. The highest BCUT2D eigenvalue weighted by Crippen LogP contribution is 2.32. The van der Waals surface area contributed by atoms with Crippen molar-refractivity contribution in [2.24, 2.45) is 0 Å². The fourth-order valence-corrected chi connectivity index (χ4v) is 2.80. The Hall–Kier alpha value is -2.16. The van der Waals surface area contributed by atoms with E-state index >= 15 is 0 Å². The molecule has 0 unspecified atom stereocenters. The molecule has 3 rings (SSSR count). The van der Waals surface area contributed by atoms with Crippen LogP contribution < -0.4 is 0 Å². The predicted molar refractivity (Wildman–Crippen MR) is 73.3 cm³/mol. The smallest absolute Gasteiger partial charge is 0.337 e. The van der Waals surface area contributed by atoms with Crippen LogP contribution in [0.2, 0.25) is 0 Å². The minimum absolute atomic E-state index is 0.279. The van der Waals surface area contributed by atoms with Gasteiger partial charge in [0.25, 0.3) is 0 Å². The molecule has 3 nitrogen and oxygen atoms in total. The molecule has 96 valence electrons. The first-order chi connectivity index (χ1) is 9.27. The molecule has 1 aliphatic rings. The van der Waals surface area contributed by atoms with E-state index in [1.165, 1.54) is 24.0 Å². The van der Waals surface area contributed by atoms with Crippen molar-refractivity contribution < 1.29 is 9.90 Å². The number of nitrogens with zero attached hydrogens (tertiary/aromatic N) is 1. The summed E-state index contributed by atoms with van der Waals surface area (Å²) in [4.78, 5) is 15.6. The standard InChI is InChI=1S/C16H15NO2/c18-16(19)14-9-4-10-17-15(14)13-8-3-6-11-5-1-2-7-12(11)13/h3-4,6,8-10H,1-2,5,7H2,(H,18,19). The monoisotopic (exact) mass is 253 g/mol. The third-order valence-electron chi connectivity index (χ3n) is 3.69. The van der Waals surface area contributed by atoms with Crippen LogP contribution in [-0.2, 0) is 12.8 Å². The molecule has 0 atom stereocenters. The van der Waals surface area contributed by atoms with E-state index in [0.29, 0.717) is 5.69 Å². The van der Waals surface area contributed by atoms with E-state index in [2.05, 4.69) is 11.1 Å². The van der Waals surface area contributed by atoms with Crippen LogP contribution in [0, 0.1) is 0 Å². The number of aryl methyl sites for hydroxylation is 1. The van der Waals surface area contributed by atoms with E-state index < -0.39 is 5.97 Å². The molecular formula is C16H15NO2. The fourth-order valence-electron chi connectivity index (χ4n) is 2.80. The van der Waals surface area contributed by atoms with Gasteiger partial charge in [-0.1, -0.05) is 18.2 Å². The Kier molecular flexibility index (Phi) is 3.03. The highest BCUT2D eigenvalue weighted by molar-refractivity contribution is 5.95. The van der Waals surface area contributed by atoms with Crippen molar-refractivity contribution in [2.75, 3.05) is 0 Å². The number of hydrogen-bond acceptors (Lipinski definition) is 2. The molecule has 0 aliphatic heterocycles. The van der Waals surface area contributed by atoms with E-state index in [1.807, 2.05) is 12.1 Å². The molecule has 1 aliphatic carbocycles. The number of fused-ring (bicyclic) bond motifs is 1. The Morgan fingerprint density at radius 2 is 1.95 bits per heavy atom. The van der Waals surface area contributed by atoms with E-state index in [4.69, 9.17) is 0 Å². The molecule has 1 N–H and O–H groups in total. The van der Waals surface area contributed by atoms with Crippen LogP contribution in [0.15, 0.2) is 36.5 Å². The second-order valence-corrected chi connectivity index (χ2v) is 4.86. The maximum atomic E-state index is 11.3. The van der Waals surface area contributed by atoms with Crippen molar-refractivity contribution in [1.29, 1.82) is 0 Å². The van der Waals surface area contributed by atoms with Crippen LogP contribution in [0.5, 0.6) is 0 Å². The second-order valence-electron chi connectivity index (χ2n) is 4.86. The van der Waals surface area contributed by atoms with E-state index in [1.54, 1.807) is 18.3 Å². The lowest BCUT2D eigenvalue weighted by Crippen LogP contribution is -2.07. The van der Waals surface area contributed by atoms with Crippen molar-refractivity contribution >= 4 is 5.97 Å². The quantitative estimate of drug-likeness (QED) is 0.893. The van der Waals surface area contributed by atoms with Crippen molar-refractivity contribution in [3.05, 3.63) is 53.2 Å². The predicted octanol–water partition coefficient (Wildman–Crippen LogP) is 3.33. The first-order valence-corrected chi connectivity index (χ1v) is 6.57. The molecule has 0 amide bonds. The molecule has 0 saturated heterocycles. The molecule has 0 fully saturated rings. The molecule has 1 aromatic heterocycles. The normalized spacial score (nSPS) is 13.9.